The van der Waals surface area contributed by atoms with Crippen LogP contribution in [0.25, 0.3) is 17.1 Å². The molecule has 0 bridgehead atoms. The minimum absolute atomic E-state index is 0.0522. The SMILES string of the molecule is Cn1cncc1-c1cn(-c2ccccc2C(=O)NC2CCC(CC(=O)O)CC2)nn1. The molecule has 1 amide bonds. The van der Waals surface area contributed by atoms with Gasteiger partial charge in [-0.1, -0.05) is 17.3 Å². The van der Waals surface area contributed by atoms with Crippen molar-refractivity contribution >= 4 is 11.9 Å². The average molecular weight is 408 g/mol. The third-order valence-corrected chi connectivity index (χ3v) is 5.61. The lowest BCUT2D eigenvalue weighted by atomic mass is 9.84. The number of imidazole rings is 1. The predicted octanol–water partition coefficient (Wildman–Crippen LogP) is 2.43. The number of carbonyl (C=O) groups excluding carboxylic acids is 1. The zero-order chi connectivity index (χ0) is 21.1. The normalized spacial score (nSPS) is 18.8. The maximum absolute atomic E-state index is 13.0. The third kappa shape index (κ3) is 4.24. The van der Waals surface area contributed by atoms with E-state index < -0.39 is 5.97 Å². The summed E-state index contributed by atoms with van der Waals surface area (Å²) >= 11 is 0. The maximum Gasteiger partial charge on any atom is 0.303 e. The lowest BCUT2D eigenvalue weighted by Crippen LogP contribution is -2.38. The van der Waals surface area contributed by atoms with Gasteiger partial charge in [0.05, 0.1) is 35.7 Å². The van der Waals surface area contributed by atoms with Crippen LogP contribution in [0.2, 0.25) is 0 Å². The summed E-state index contributed by atoms with van der Waals surface area (Å²) in [6, 6.07) is 7.33. The number of hydrogen-bond acceptors (Lipinski definition) is 5. The van der Waals surface area contributed by atoms with Crippen molar-refractivity contribution in [2.45, 2.75) is 38.1 Å². The van der Waals surface area contributed by atoms with Gasteiger partial charge in [0, 0.05) is 19.5 Å². The Morgan fingerprint density at radius 1 is 1.20 bits per heavy atom. The number of aliphatic carboxylic acids is 1. The maximum atomic E-state index is 13.0. The van der Waals surface area contributed by atoms with Crippen LogP contribution in [0, 0.1) is 5.92 Å². The van der Waals surface area contributed by atoms with E-state index in [4.69, 9.17) is 5.11 Å². The zero-order valence-corrected chi connectivity index (χ0v) is 16.7. The second kappa shape index (κ2) is 8.48. The molecule has 0 saturated heterocycles. The molecule has 0 atom stereocenters. The molecule has 2 heterocycles. The van der Waals surface area contributed by atoms with Gasteiger partial charge in [0.2, 0.25) is 0 Å². The topological polar surface area (TPSA) is 115 Å². The number of aryl methyl sites for hydroxylation is 1. The summed E-state index contributed by atoms with van der Waals surface area (Å²) in [7, 11) is 1.88. The van der Waals surface area contributed by atoms with Gasteiger partial charge in [-0.3, -0.25) is 9.59 Å². The zero-order valence-electron chi connectivity index (χ0n) is 16.7. The first-order valence-corrected chi connectivity index (χ1v) is 10.0. The molecule has 2 N–H and O–H groups in total. The highest BCUT2D eigenvalue weighted by molar-refractivity contribution is 5.97. The first kappa shape index (κ1) is 19.8. The molecule has 9 nitrogen and oxygen atoms in total. The highest BCUT2D eigenvalue weighted by Gasteiger charge is 2.25. The van der Waals surface area contributed by atoms with Crippen LogP contribution in [0.3, 0.4) is 0 Å². The molecular weight excluding hydrogens is 384 g/mol. The molecule has 2 aromatic heterocycles. The quantitative estimate of drug-likeness (QED) is 0.647. The van der Waals surface area contributed by atoms with Crippen molar-refractivity contribution in [3.8, 4) is 17.1 Å². The van der Waals surface area contributed by atoms with Crippen molar-refractivity contribution < 1.29 is 14.7 Å². The first-order valence-electron chi connectivity index (χ1n) is 10.0. The minimum Gasteiger partial charge on any atom is -0.481 e. The van der Waals surface area contributed by atoms with Crippen molar-refractivity contribution in [3.05, 3.63) is 48.5 Å². The fourth-order valence-corrected chi connectivity index (χ4v) is 3.99. The minimum atomic E-state index is -0.755. The third-order valence-electron chi connectivity index (χ3n) is 5.61. The fourth-order valence-electron chi connectivity index (χ4n) is 3.99. The lowest BCUT2D eigenvalue weighted by Gasteiger charge is -2.28. The van der Waals surface area contributed by atoms with Crippen LogP contribution in [0.5, 0.6) is 0 Å². The van der Waals surface area contributed by atoms with Crippen molar-refractivity contribution in [3.63, 3.8) is 0 Å². The summed E-state index contributed by atoms with van der Waals surface area (Å²) in [5, 5.41) is 20.5. The number of carboxylic acids is 1. The lowest BCUT2D eigenvalue weighted by molar-refractivity contribution is -0.138. The Labute approximate surface area is 173 Å². The molecule has 0 spiro atoms. The Morgan fingerprint density at radius 3 is 2.67 bits per heavy atom. The Hall–Kier alpha value is -3.49. The molecule has 1 fully saturated rings. The van der Waals surface area contributed by atoms with Gasteiger partial charge in [0.15, 0.2) is 0 Å². The Balaban J connectivity index is 1.47. The van der Waals surface area contributed by atoms with Crippen molar-refractivity contribution in [1.29, 1.82) is 0 Å². The molecule has 0 aliphatic heterocycles. The van der Waals surface area contributed by atoms with Crippen molar-refractivity contribution in [2.24, 2.45) is 13.0 Å². The molecule has 0 radical (unpaired) electrons. The van der Waals surface area contributed by atoms with Gasteiger partial charge < -0.3 is 15.0 Å². The van der Waals surface area contributed by atoms with Crippen LogP contribution < -0.4 is 5.32 Å². The van der Waals surface area contributed by atoms with Crippen LogP contribution in [0.15, 0.2) is 43.0 Å². The van der Waals surface area contributed by atoms with Gasteiger partial charge in [-0.15, -0.1) is 5.10 Å². The first-order chi connectivity index (χ1) is 14.5. The number of nitrogens with zero attached hydrogens (tertiary/aromatic N) is 5. The monoisotopic (exact) mass is 408 g/mol. The molecule has 9 heteroatoms. The van der Waals surface area contributed by atoms with E-state index in [0.717, 1.165) is 31.4 Å². The molecule has 1 aromatic carbocycles. The highest BCUT2D eigenvalue weighted by atomic mass is 16.4. The van der Waals surface area contributed by atoms with Gasteiger partial charge in [-0.05, 0) is 43.7 Å². The highest BCUT2D eigenvalue weighted by Crippen LogP contribution is 2.27. The van der Waals surface area contributed by atoms with E-state index in [0.29, 0.717) is 16.9 Å². The summed E-state index contributed by atoms with van der Waals surface area (Å²) < 4.78 is 3.45. The van der Waals surface area contributed by atoms with Crippen LogP contribution in [0.1, 0.15) is 42.5 Å². The molecule has 156 valence electrons. The number of benzene rings is 1. The van der Waals surface area contributed by atoms with E-state index in [2.05, 4.69) is 20.6 Å². The standard InChI is InChI=1S/C21H24N6O3/c1-26-13-22-11-19(26)17-12-27(25-24-17)18-5-3-2-4-16(18)21(30)23-15-8-6-14(7-9-15)10-20(28)29/h2-5,11-15H,6-10H2,1H3,(H,23,30)(H,28,29). The molecule has 1 aliphatic carbocycles. The van der Waals surface area contributed by atoms with Gasteiger partial charge in [-0.2, -0.15) is 0 Å². The van der Waals surface area contributed by atoms with Crippen LogP contribution in [-0.4, -0.2) is 47.6 Å². The summed E-state index contributed by atoms with van der Waals surface area (Å²) in [6.07, 6.45) is 8.61. The molecular formula is C21H24N6O3. The number of amides is 1. The average Bonchev–Trinajstić information content (AvgIpc) is 3.38. The summed E-state index contributed by atoms with van der Waals surface area (Å²) in [4.78, 5) is 28.0. The largest absolute Gasteiger partial charge is 0.481 e. The molecule has 1 saturated carbocycles. The van der Waals surface area contributed by atoms with E-state index in [1.165, 1.54) is 0 Å². The number of carboxylic acid groups (broad SMARTS) is 1. The number of para-hydroxylation sites is 1. The van der Waals surface area contributed by atoms with Gasteiger partial charge in [0.25, 0.3) is 5.91 Å². The number of carbonyl (C=O) groups is 2. The van der Waals surface area contributed by atoms with Gasteiger partial charge >= 0.3 is 5.97 Å². The van der Waals surface area contributed by atoms with Gasteiger partial charge in [-0.25, -0.2) is 9.67 Å². The number of rotatable bonds is 6. The second-order valence-corrected chi connectivity index (χ2v) is 7.74. The second-order valence-electron chi connectivity index (χ2n) is 7.74. The number of hydrogen-bond donors (Lipinski definition) is 2. The number of aromatic nitrogens is 5. The molecule has 4 rings (SSSR count). The van der Waals surface area contributed by atoms with E-state index in [9.17, 15) is 9.59 Å². The van der Waals surface area contributed by atoms with Crippen molar-refractivity contribution in [2.75, 3.05) is 0 Å². The summed E-state index contributed by atoms with van der Waals surface area (Å²) in [6.45, 7) is 0. The van der Waals surface area contributed by atoms with E-state index in [1.807, 2.05) is 29.8 Å². The molecule has 30 heavy (non-hydrogen) atoms. The molecule has 3 aromatic rings. The predicted molar refractivity (Wildman–Crippen MR) is 109 cm³/mol. The van der Waals surface area contributed by atoms with Crippen molar-refractivity contribution in [1.82, 2.24) is 29.9 Å². The Bertz CT molecular complexity index is 1050. The fraction of sp³-hybridized carbons (Fsp3) is 0.381. The summed E-state index contributed by atoms with van der Waals surface area (Å²) in [5.74, 6) is -0.719. The Morgan fingerprint density at radius 2 is 1.97 bits per heavy atom. The smallest absolute Gasteiger partial charge is 0.303 e. The van der Waals surface area contributed by atoms with Crippen LogP contribution in [0.4, 0.5) is 0 Å². The van der Waals surface area contributed by atoms with E-state index >= 15 is 0 Å². The Kier molecular flexibility index (Phi) is 5.60. The molecule has 1 aliphatic rings. The van der Waals surface area contributed by atoms with E-state index in [1.54, 1.807) is 29.5 Å². The molecule has 0 unspecified atom stereocenters. The summed E-state index contributed by atoms with van der Waals surface area (Å²) in [5.41, 5.74) is 2.67. The van der Waals surface area contributed by atoms with E-state index in [-0.39, 0.29) is 24.3 Å². The van der Waals surface area contributed by atoms with Crippen LogP contribution in [-0.2, 0) is 11.8 Å². The van der Waals surface area contributed by atoms with Gasteiger partial charge in [0.1, 0.15) is 5.69 Å². The van der Waals surface area contributed by atoms with Crippen LogP contribution >= 0.6 is 0 Å². The number of nitrogens with one attached hydrogen (secondary N) is 1.